The Bertz CT molecular complexity index is 444. The van der Waals surface area contributed by atoms with Crippen LogP contribution in [0.4, 0.5) is 0 Å². The number of thiophene rings is 1. The second kappa shape index (κ2) is 6.26. The predicted octanol–water partition coefficient (Wildman–Crippen LogP) is 2.73. The molecule has 0 fully saturated rings. The zero-order chi connectivity index (χ0) is 12.1. The van der Waals surface area contributed by atoms with Crippen LogP contribution in [0.15, 0.2) is 40.3 Å². The largest absolute Gasteiger partial charge is 0.394 e. The van der Waals surface area contributed by atoms with Crippen LogP contribution >= 0.6 is 27.3 Å². The second-order valence-corrected chi connectivity index (χ2v) is 5.54. The number of aromatic nitrogens is 1. The first-order chi connectivity index (χ1) is 8.29. The van der Waals surface area contributed by atoms with Gasteiger partial charge in [0.05, 0.1) is 18.3 Å². The maximum absolute atomic E-state index is 9.37. The Labute approximate surface area is 113 Å². The van der Waals surface area contributed by atoms with Gasteiger partial charge in [0.15, 0.2) is 0 Å². The molecule has 2 heterocycles. The van der Waals surface area contributed by atoms with Gasteiger partial charge in [0.1, 0.15) is 0 Å². The molecule has 0 aliphatic carbocycles. The molecule has 0 aliphatic rings. The van der Waals surface area contributed by atoms with Gasteiger partial charge in [-0.25, -0.2) is 0 Å². The molecule has 3 nitrogen and oxygen atoms in total. The highest BCUT2D eigenvalue weighted by molar-refractivity contribution is 9.10. The number of nitrogens with one attached hydrogen (secondary N) is 1. The molecule has 0 aliphatic heterocycles. The van der Waals surface area contributed by atoms with Gasteiger partial charge < -0.3 is 10.4 Å². The Balaban J connectivity index is 1.99. The van der Waals surface area contributed by atoms with E-state index in [1.807, 2.05) is 23.6 Å². The first-order valence-corrected chi connectivity index (χ1v) is 6.95. The molecular weight excluding hydrogens is 300 g/mol. The average Bonchev–Trinajstić information content (AvgIpc) is 2.85. The van der Waals surface area contributed by atoms with Crippen molar-refractivity contribution in [1.29, 1.82) is 0 Å². The third-order valence-electron chi connectivity index (χ3n) is 2.39. The van der Waals surface area contributed by atoms with E-state index in [1.54, 1.807) is 17.5 Å². The quantitative estimate of drug-likeness (QED) is 0.892. The third kappa shape index (κ3) is 3.61. The molecule has 1 unspecified atom stereocenters. The summed E-state index contributed by atoms with van der Waals surface area (Å²) in [5.74, 6) is 0. The maximum Gasteiger partial charge on any atom is 0.0732 e. The molecule has 17 heavy (non-hydrogen) atoms. The Morgan fingerprint density at radius 3 is 2.88 bits per heavy atom. The fourth-order valence-electron chi connectivity index (χ4n) is 1.49. The van der Waals surface area contributed by atoms with Crippen molar-refractivity contribution in [3.63, 3.8) is 0 Å². The summed E-state index contributed by atoms with van der Waals surface area (Å²) in [4.78, 5) is 5.53. The van der Waals surface area contributed by atoms with E-state index in [1.165, 1.54) is 4.88 Å². The number of hydrogen-bond donors (Lipinski definition) is 2. The minimum atomic E-state index is -0.120. The molecule has 5 heteroatoms. The topological polar surface area (TPSA) is 45.1 Å². The lowest BCUT2D eigenvalue weighted by Gasteiger charge is -2.15. The van der Waals surface area contributed by atoms with Gasteiger partial charge in [-0.1, -0.05) is 6.07 Å². The fourth-order valence-corrected chi connectivity index (χ4v) is 2.38. The van der Waals surface area contributed by atoms with E-state index in [9.17, 15) is 5.11 Å². The van der Waals surface area contributed by atoms with E-state index in [0.29, 0.717) is 0 Å². The first kappa shape index (κ1) is 12.7. The summed E-state index contributed by atoms with van der Waals surface area (Å²) in [5.41, 5.74) is 0.854. The number of aliphatic hydroxyl groups excluding tert-OH is 1. The number of nitrogens with zero attached hydrogens (tertiary/aromatic N) is 1. The molecule has 1 atom stereocenters. The lowest BCUT2D eigenvalue weighted by Crippen LogP contribution is -2.24. The number of aliphatic hydroxyl groups is 1. The van der Waals surface area contributed by atoms with E-state index < -0.39 is 0 Å². The van der Waals surface area contributed by atoms with Gasteiger partial charge in [-0.05, 0) is 39.5 Å². The van der Waals surface area contributed by atoms with Gasteiger partial charge in [0.25, 0.3) is 0 Å². The highest BCUT2D eigenvalue weighted by atomic mass is 79.9. The van der Waals surface area contributed by atoms with Gasteiger partial charge in [-0.3, -0.25) is 4.98 Å². The van der Waals surface area contributed by atoms with Crippen molar-refractivity contribution in [3.8, 4) is 0 Å². The molecule has 0 bridgehead atoms. The Morgan fingerprint density at radius 2 is 2.29 bits per heavy atom. The predicted molar refractivity (Wildman–Crippen MR) is 72.9 cm³/mol. The summed E-state index contributed by atoms with van der Waals surface area (Å²) in [7, 11) is 0. The number of pyridine rings is 1. The normalized spacial score (nSPS) is 12.6. The molecule has 90 valence electrons. The third-order valence-corrected chi connectivity index (χ3v) is 3.74. The first-order valence-electron chi connectivity index (χ1n) is 5.27. The van der Waals surface area contributed by atoms with Crippen molar-refractivity contribution in [2.24, 2.45) is 0 Å². The molecule has 0 saturated carbocycles. The molecule has 0 radical (unpaired) electrons. The Morgan fingerprint density at radius 1 is 1.41 bits per heavy atom. The van der Waals surface area contributed by atoms with E-state index in [2.05, 4.69) is 32.3 Å². The van der Waals surface area contributed by atoms with Gasteiger partial charge in [0.2, 0.25) is 0 Å². The summed E-state index contributed by atoms with van der Waals surface area (Å²) in [6.45, 7) is 0.792. The van der Waals surface area contributed by atoms with Crippen molar-refractivity contribution in [3.05, 3.63) is 50.9 Å². The minimum absolute atomic E-state index is 0.0417. The fraction of sp³-hybridized carbons (Fsp3) is 0.250. The number of rotatable bonds is 5. The highest BCUT2D eigenvalue weighted by Crippen LogP contribution is 2.15. The standard InChI is InChI=1S/C12H13BrN2OS/c13-9-3-4-11(14-6-9)12(8-16)15-7-10-2-1-5-17-10/h1-6,12,15-16H,7-8H2. The van der Waals surface area contributed by atoms with Crippen LogP contribution in [0.25, 0.3) is 0 Å². The molecule has 2 aromatic heterocycles. The lowest BCUT2D eigenvalue weighted by atomic mass is 10.2. The Hall–Kier alpha value is -0.750. The molecule has 0 spiro atoms. The SMILES string of the molecule is OCC(NCc1cccs1)c1ccc(Br)cn1. The van der Waals surface area contributed by atoms with Crippen LogP contribution in [0, 0.1) is 0 Å². The summed E-state index contributed by atoms with van der Waals surface area (Å²) in [6, 6.07) is 7.81. The van der Waals surface area contributed by atoms with Crippen LogP contribution in [0.3, 0.4) is 0 Å². The highest BCUT2D eigenvalue weighted by Gasteiger charge is 2.11. The number of hydrogen-bond acceptors (Lipinski definition) is 4. The van der Waals surface area contributed by atoms with E-state index in [-0.39, 0.29) is 12.6 Å². The smallest absolute Gasteiger partial charge is 0.0732 e. The molecule has 2 rings (SSSR count). The second-order valence-electron chi connectivity index (χ2n) is 3.60. The molecule has 0 saturated heterocycles. The van der Waals surface area contributed by atoms with E-state index >= 15 is 0 Å². The monoisotopic (exact) mass is 312 g/mol. The van der Waals surface area contributed by atoms with Crippen molar-refractivity contribution >= 4 is 27.3 Å². The van der Waals surface area contributed by atoms with Crippen molar-refractivity contribution in [2.45, 2.75) is 12.6 Å². The minimum Gasteiger partial charge on any atom is -0.394 e. The molecule has 2 N–H and O–H groups in total. The van der Waals surface area contributed by atoms with Crippen molar-refractivity contribution in [1.82, 2.24) is 10.3 Å². The van der Waals surface area contributed by atoms with Crippen LogP contribution < -0.4 is 5.32 Å². The molecule has 0 amide bonds. The zero-order valence-electron chi connectivity index (χ0n) is 9.14. The summed E-state index contributed by atoms with van der Waals surface area (Å²) in [6.07, 6.45) is 1.74. The zero-order valence-corrected chi connectivity index (χ0v) is 11.5. The van der Waals surface area contributed by atoms with Crippen LogP contribution in [0.1, 0.15) is 16.6 Å². The van der Waals surface area contributed by atoms with Crippen LogP contribution in [0.2, 0.25) is 0 Å². The summed E-state index contributed by atoms with van der Waals surface area (Å²) >= 11 is 5.04. The maximum atomic E-state index is 9.37. The van der Waals surface area contributed by atoms with Crippen molar-refractivity contribution in [2.75, 3.05) is 6.61 Å². The molecule has 0 aromatic carbocycles. The van der Waals surface area contributed by atoms with Crippen LogP contribution in [-0.4, -0.2) is 16.7 Å². The summed E-state index contributed by atoms with van der Waals surface area (Å²) < 4.78 is 0.941. The van der Waals surface area contributed by atoms with Gasteiger partial charge in [0, 0.05) is 22.1 Å². The van der Waals surface area contributed by atoms with Crippen LogP contribution in [-0.2, 0) is 6.54 Å². The molecular formula is C12H13BrN2OS. The average molecular weight is 313 g/mol. The van der Waals surface area contributed by atoms with Crippen molar-refractivity contribution < 1.29 is 5.11 Å². The van der Waals surface area contributed by atoms with Gasteiger partial charge >= 0.3 is 0 Å². The van der Waals surface area contributed by atoms with E-state index in [4.69, 9.17) is 0 Å². The molecule has 2 aromatic rings. The van der Waals surface area contributed by atoms with Gasteiger partial charge in [-0.2, -0.15) is 0 Å². The summed E-state index contributed by atoms with van der Waals surface area (Å²) in [5, 5.41) is 14.7. The number of halogens is 1. The Kier molecular flexibility index (Phi) is 4.67. The van der Waals surface area contributed by atoms with E-state index in [0.717, 1.165) is 16.7 Å². The lowest BCUT2D eigenvalue weighted by molar-refractivity contribution is 0.241. The van der Waals surface area contributed by atoms with Crippen LogP contribution in [0.5, 0.6) is 0 Å². The van der Waals surface area contributed by atoms with Gasteiger partial charge in [-0.15, -0.1) is 11.3 Å².